The van der Waals surface area contributed by atoms with E-state index in [4.69, 9.17) is 5.11 Å². The lowest BCUT2D eigenvalue weighted by atomic mass is 9.89. The van der Waals surface area contributed by atoms with Crippen LogP contribution in [0.1, 0.15) is 48.2 Å². The van der Waals surface area contributed by atoms with Crippen LogP contribution in [0.3, 0.4) is 0 Å². The van der Waals surface area contributed by atoms with E-state index in [1.807, 2.05) is 26.8 Å². The number of hydrogen-bond acceptors (Lipinski definition) is 3. The number of benzene rings is 1. The smallest absolute Gasteiger partial charge is 0.255 e. The van der Waals surface area contributed by atoms with Gasteiger partial charge >= 0.3 is 0 Å². The molecule has 0 aliphatic carbocycles. The van der Waals surface area contributed by atoms with E-state index in [1.165, 1.54) is 0 Å². The Morgan fingerprint density at radius 2 is 1.95 bits per heavy atom. The van der Waals surface area contributed by atoms with Gasteiger partial charge in [-0.05, 0) is 49.3 Å². The van der Waals surface area contributed by atoms with Gasteiger partial charge in [0.2, 0.25) is 0 Å². The van der Waals surface area contributed by atoms with E-state index in [9.17, 15) is 9.90 Å². The fraction of sp³-hybridized carbons (Fsp3) is 0.562. The molecule has 0 atom stereocenters. The zero-order chi connectivity index (χ0) is 15.3. The van der Waals surface area contributed by atoms with Gasteiger partial charge in [-0.25, -0.2) is 0 Å². The van der Waals surface area contributed by atoms with E-state index in [1.54, 1.807) is 13.0 Å². The Morgan fingerprint density at radius 1 is 1.30 bits per heavy atom. The largest absolute Gasteiger partial charge is 0.507 e. The molecule has 4 heteroatoms. The van der Waals surface area contributed by atoms with Crippen molar-refractivity contribution >= 4 is 5.91 Å². The van der Waals surface area contributed by atoms with Crippen molar-refractivity contribution in [2.75, 3.05) is 13.2 Å². The molecule has 0 heterocycles. The van der Waals surface area contributed by atoms with Gasteiger partial charge in [0.15, 0.2) is 0 Å². The maximum atomic E-state index is 12.0. The van der Waals surface area contributed by atoms with Crippen LogP contribution in [0.5, 0.6) is 5.75 Å². The zero-order valence-electron chi connectivity index (χ0n) is 12.8. The average Bonchev–Trinajstić information content (AvgIpc) is 2.41. The summed E-state index contributed by atoms with van der Waals surface area (Å²) in [5.74, 6) is -0.203. The molecule has 0 spiro atoms. The number of aliphatic hydroxyl groups is 1. The minimum absolute atomic E-state index is 0.0539. The van der Waals surface area contributed by atoms with Crippen LogP contribution in [0.4, 0.5) is 0 Å². The van der Waals surface area contributed by atoms with Crippen molar-refractivity contribution in [2.24, 2.45) is 5.41 Å². The number of carbonyl (C=O) groups is 1. The van der Waals surface area contributed by atoms with Crippen molar-refractivity contribution < 1.29 is 15.0 Å². The highest BCUT2D eigenvalue weighted by Gasteiger charge is 2.17. The first-order valence-corrected chi connectivity index (χ1v) is 6.97. The Bertz CT molecular complexity index is 481. The van der Waals surface area contributed by atoms with Crippen molar-refractivity contribution in [3.05, 3.63) is 28.8 Å². The molecule has 0 saturated carbocycles. The standard InChI is InChI=1S/C16H25NO3/c1-11-6-7-13(14(19)12(11)2)15(20)17-9-5-8-16(3,4)10-18/h6-7,18-19H,5,8-10H2,1-4H3,(H,17,20). The number of nitrogens with one attached hydrogen (secondary N) is 1. The summed E-state index contributed by atoms with van der Waals surface area (Å²) >= 11 is 0. The number of rotatable bonds is 6. The summed E-state index contributed by atoms with van der Waals surface area (Å²) in [4.78, 5) is 12.0. The van der Waals surface area contributed by atoms with E-state index in [2.05, 4.69) is 5.32 Å². The van der Waals surface area contributed by atoms with Gasteiger partial charge in [0.1, 0.15) is 5.75 Å². The predicted molar refractivity (Wildman–Crippen MR) is 80.0 cm³/mol. The monoisotopic (exact) mass is 279 g/mol. The fourth-order valence-corrected chi connectivity index (χ4v) is 1.93. The maximum absolute atomic E-state index is 12.0. The first-order chi connectivity index (χ1) is 9.28. The van der Waals surface area contributed by atoms with Gasteiger partial charge in [0.25, 0.3) is 5.91 Å². The number of phenols is 1. The molecular weight excluding hydrogens is 254 g/mol. The molecule has 0 aliphatic heterocycles. The molecule has 0 radical (unpaired) electrons. The Hall–Kier alpha value is -1.55. The summed E-state index contributed by atoms with van der Waals surface area (Å²) in [6.07, 6.45) is 1.63. The Morgan fingerprint density at radius 3 is 2.55 bits per heavy atom. The summed E-state index contributed by atoms with van der Waals surface area (Å²) < 4.78 is 0. The van der Waals surface area contributed by atoms with Crippen molar-refractivity contribution in [1.82, 2.24) is 5.32 Å². The lowest BCUT2D eigenvalue weighted by molar-refractivity contribution is 0.0945. The predicted octanol–water partition coefficient (Wildman–Crippen LogP) is 2.54. The molecule has 4 nitrogen and oxygen atoms in total. The number of aliphatic hydroxyl groups excluding tert-OH is 1. The zero-order valence-corrected chi connectivity index (χ0v) is 12.8. The highest BCUT2D eigenvalue weighted by Crippen LogP contribution is 2.25. The second-order valence-corrected chi connectivity index (χ2v) is 6.09. The van der Waals surface area contributed by atoms with Crippen molar-refractivity contribution in [3.63, 3.8) is 0 Å². The highest BCUT2D eigenvalue weighted by atomic mass is 16.3. The molecule has 0 aromatic heterocycles. The number of phenolic OH excluding ortho intramolecular Hbond substituents is 1. The first-order valence-electron chi connectivity index (χ1n) is 6.97. The minimum Gasteiger partial charge on any atom is -0.507 e. The quantitative estimate of drug-likeness (QED) is 0.701. The molecule has 1 aromatic rings. The molecule has 0 bridgehead atoms. The van der Waals surface area contributed by atoms with Crippen LogP contribution in [0.2, 0.25) is 0 Å². The fourth-order valence-electron chi connectivity index (χ4n) is 1.93. The van der Waals surface area contributed by atoms with Crippen molar-refractivity contribution in [1.29, 1.82) is 0 Å². The van der Waals surface area contributed by atoms with E-state index in [0.29, 0.717) is 12.1 Å². The summed E-state index contributed by atoms with van der Waals surface area (Å²) in [5.41, 5.74) is 1.89. The van der Waals surface area contributed by atoms with E-state index in [-0.39, 0.29) is 23.7 Å². The second-order valence-electron chi connectivity index (χ2n) is 6.09. The molecule has 0 fully saturated rings. The number of carbonyl (C=O) groups excluding carboxylic acids is 1. The lowest BCUT2D eigenvalue weighted by Gasteiger charge is -2.21. The van der Waals surface area contributed by atoms with Crippen LogP contribution < -0.4 is 5.32 Å². The number of aromatic hydroxyl groups is 1. The molecule has 0 unspecified atom stereocenters. The average molecular weight is 279 g/mol. The topological polar surface area (TPSA) is 69.6 Å². The third-order valence-corrected chi connectivity index (χ3v) is 3.69. The van der Waals surface area contributed by atoms with Gasteiger partial charge in [-0.1, -0.05) is 19.9 Å². The van der Waals surface area contributed by atoms with Crippen LogP contribution in [-0.2, 0) is 0 Å². The van der Waals surface area contributed by atoms with E-state index in [0.717, 1.165) is 24.0 Å². The summed E-state index contributed by atoms with van der Waals surface area (Å²) in [6, 6.07) is 3.48. The van der Waals surface area contributed by atoms with Crippen molar-refractivity contribution in [2.45, 2.75) is 40.5 Å². The SMILES string of the molecule is Cc1ccc(C(=O)NCCCC(C)(C)CO)c(O)c1C. The molecule has 1 rings (SSSR count). The molecule has 1 aromatic carbocycles. The van der Waals surface area contributed by atoms with E-state index < -0.39 is 0 Å². The van der Waals surface area contributed by atoms with Gasteiger partial charge in [-0.15, -0.1) is 0 Å². The first kappa shape index (κ1) is 16.5. The number of amides is 1. The van der Waals surface area contributed by atoms with Gasteiger partial charge in [-0.2, -0.15) is 0 Å². The summed E-state index contributed by atoms with van der Waals surface area (Å²) in [5, 5.41) is 21.9. The Labute approximate surface area is 120 Å². The van der Waals surface area contributed by atoms with Crippen LogP contribution in [0, 0.1) is 19.3 Å². The lowest BCUT2D eigenvalue weighted by Crippen LogP contribution is -2.26. The molecule has 0 saturated heterocycles. The molecule has 3 N–H and O–H groups in total. The maximum Gasteiger partial charge on any atom is 0.255 e. The summed E-state index contributed by atoms with van der Waals surface area (Å²) in [7, 11) is 0. The van der Waals surface area contributed by atoms with Crippen molar-refractivity contribution in [3.8, 4) is 5.75 Å². The van der Waals surface area contributed by atoms with Crippen LogP contribution >= 0.6 is 0 Å². The van der Waals surface area contributed by atoms with Gasteiger partial charge in [0, 0.05) is 13.2 Å². The van der Waals surface area contributed by atoms with E-state index >= 15 is 0 Å². The Kier molecular flexibility index (Phi) is 5.57. The van der Waals surface area contributed by atoms with Crippen LogP contribution in [0.25, 0.3) is 0 Å². The molecule has 20 heavy (non-hydrogen) atoms. The molecular formula is C16H25NO3. The molecule has 112 valence electrons. The minimum atomic E-state index is -0.257. The normalized spacial score (nSPS) is 11.4. The second kappa shape index (κ2) is 6.75. The van der Waals surface area contributed by atoms with Gasteiger partial charge in [0.05, 0.1) is 5.56 Å². The van der Waals surface area contributed by atoms with Gasteiger partial charge in [-0.3, -0.25) is 4.79 Å². The summed E-state index contributed by atoms with van der Waals surface area (Å²) in [6.45, 7) is 8.35. The van der Waals surface area contributed by atoms with Gasteiger partial charge < -0.3 is 15.5 Å². The van der Waals surface area contributed by atoms with Crippen LogP contribution in [0.15, 0.2) is 12.1 Å². The number of hydrogen-bond donors (Lipinski definition) is 3. The number of aryl methyl sites for hydroxylation is 1. The third kappa shape index (κ3) is 4.23. The molecule has 0 aliphatic rings. The molecule has 1 amide bonds. The van der Waals surface area contributed by atoms with Crippen LogP contribution in [-0.4, -0.2) is 29.3 Å². The highest BCUT2D eigenvalue weighted by molar-refractivity contribution is 5.97. The third-order valence-electron chi connectivity index (χ3n) is 3.69. The Balaban J connectivity index is 2.54.